The van der Waals surface area contributed by atoms with Gasteiger partial charge in [0.15, 0.2) is 0 Å². The average molecular weight is 300 g/mol. The largest absolute Gasteiger partial charge is 0.480 e. The molecule has 0 aliphatic carbocycles. The Morgan fingerprint density at radius 1 is 1.40 bits per heavy atom. The number of nitrogens with two attached hydrogens (primary N) is 1. The summed E-state index contributed by atoms with van der Waals surface area (Å²) in [6.45, 7) is 1.74. The van der Waals surface area contributed by atoms with Crippen LogP contribution < -0.4 is 16.4 Å². The third-order valence-corrected chi connectivity index (χ3v) is 2.78. The first-order valence-corrected chi connectivity index (χ1v) is 6.02. The van der Waals surface area contributed by atoms with Crippen molar-refractivity contribution in [3.63, 3.8) is 0 Å². The van der Waals surface area contributed by atoms with Crippen LogP contribution in [0.5, 0.6) is 0 Å². The van der Waals surface area contributed by atoms with Gasteiger partial charge in [0.25, 0.3) is 0 Å². The van der Waals surface area contributed by atoms with Crippen LogP contribution in [-0.2, 0) is 9.59 Å². The van der Waals surface area contributed by atoms with Crippen LogP contribution >= 0.6 is 11.6 Å². The quantitative estimate of drug-likeness (QED) is 0.650. The normalized spacial score (nSPS) is 11.5. The van der Waals surface area contributed by atoms with Crippen molar-refractivity contribution in [3.8, 4) is 0 Å². The summed E-state index contributed by atoms with van der Waals surface area (Å²) in [6.07, 6.45) is -0.496. The summed E-state index contributed by atoms with van der Waals surface area (Å²) < 4.78 is 0. The number of carbonyl (C=O) groups excluding carboxylic acids is 2. The third kappa shape index (κ3) is 4.43. The number of hydrogen-bond acceptors (Lipinski definition) is 3. The maximum absolute atomic E-state index is 11.7. The molecule has 0 aliphatic heterocycles. The van der Waals surface area contributed by atoms with Crippen LogP contribution in [0.15, 0.2) is 18.2 Å². The average Bonchev–Trinajstić information content (AvgIpc) is 2.32. The number of para-hydroxylation sites is 1. The number of anilines is 1. The topological polar surface area (TPSA) is 122 Å². The van der Waals surface area contributed by atoms with Crippen LogP contribution in [0.2, 0.25) is 5.02 Å². The van der Waals surface area contributed by atoms with E-state index in [9.17, 15) is 14.4 Å². The number of carbonyl (C=O) groups is 3. The molecule has 0 saturated heterocycles. The van der Waals surface area contributed by atoms with Gasteiger partial charge in [-0.15, -0.1) is 0 Å². The van der Waals surface area contributed by atoms with Crippen LogP contribution in [0.3, 0.4) is 0 Å². The van der Waals surface area contributed by atoms with Crippen molar-refractivity contribution in [2.75, 3.05) is 5.32 Å². The Morgan fingerprint density at radius 3 is 2.55 bits per heavy atom. The van der Waals surface area contributed by atoms with E-state index in [1.165, 1.54) is 0 Å². The fourth-order valence-electron chi connectivity index (χ4n) is 1.50. The van der Waals surface area contributed by atoms with Gasteiger partial charge in [-0.05, 0) is 18.6 Å². The Morgan fingerprint density at radius 2 is 2.05 bits per heavy atom. The van der Waals surface area contributed by atoms with Crippen LogP contribution in [-0.4, -0.2) is 29.1 Å². The van der Waals surface area contributed by atoms with Crippen LogP contribution in [0.25, 0.3) is 0 Å². The van der Waals surface area contributed by atoms with Crippen LogP contribution in [0, 0.1) is 6.92 Å². The van der Waals surface area contributed by atoms with Gasteiger partial charge in [0.1, 0.15) is 6.04 Å². The molecule has 8 heteroatoms. The first kappa shape index (κ1) is 15.8. The first-order chi connectivity index (χ1) is 9.31. The summed E-state index contributed by atoms with van der Waals surface area (Å²) in [6, 6.07) is 2.86. The summed E-state index contributed by atoms with van der Waals surface area (Å²) in [7, 11) is 0. The van der Waals surface area contributed by atoms with Crippen LogP contribution in [0.1, 0.15) is 12.0 Å². The third-order valence-electron chi connectivity index (χ3n) is 2.47. The Hall–Kier alpha value is -2.28. The van der Waals surface area contributed by atoms with Crippen molar-refractivity contribution < 1.29 is 19.5 Å². The van der Waals surface area contributed by atoms with Crippen LogP contribution in [0.4, 0.5) is 10.5 Å². The summed E-state index contributed by atoms with van der Waals surface area (Å²) in [5.41, 5.74) is 6.00. The van der Waals surface area contributed by atoms with Crippen molar-refractivity contribution in [3.05, 3.63) is 28.8 Å². The van der Waals surface area contributed by atoms with Gasteiger partial charge in [-0.25, -0.2) is 9.59 Å². The first-order valence-electron chi connectivity index (χ1n) is 5.65. The smallest absolute Gasteiger partial charge is 0.326 e. The Bertz CT molecular complexity index is 527. The Labute approximate surface area is 120 Å². The number of aryl methyl sites for hydroxylation is 1. The molecule has 7 nitrogen and oxygen atoms in total. The Balaban J connectivity index is 2.76. The van der Waals surface area contributed by atoms with Crippen molar-refractivity contribution in [1.82, 2.24) is 5.32 Å². The van der Waals surface area contributed by atoms with Gasteiger partial charge in [0.2, 0.25) is 5.91 Å². The molecule has 0 bridgehead atoms. The van der Waals surface area contributed by atoms with Gasteiger partial charge in [0, 0.05) is 0 Å². The van der Waals surface area contributed by atoms with Crippen molar-refractivity contribution >= 4 is 35.2 Å². The second kappa shape index (κ2) is 6.76. The lowest BCUT2D eigenvalue weighted by molar-refractivity contribution is -0.140. The lowest BCUT2D eigenvalue weighted by Crippen LogP contribution is -2.45. The number of urea groups is 1. The maximum atomic E-state index is 11.7. The van der Waals surface area contributed by atoms with Crippen molar-refractivity contribution in [2.24, 2.45) is 5.73 Å². The highest BCUT2D eigenvalue weighted by Crippen LogP contribution is 2.24. The molecular weight excluding hydrogens is 286 g/mol. The molecule has 0 aliphatic rings. The minimum atomic E-state index is -1.39. The number of benzene rings is 1. The lowest BCUT2D eigenvalue weighted by atomic mass is 10.2. The van der Waals surface area contributed by atoms with E-state index in [2.05, 4.69) is 10.6 Å². The lowest BCUT2D eigenvalue weighted by Gasteiger charge is -2.15. The molecule has 0 spiro atoms. The van der Waals surface area contributed by atoms with E-state index < -0.39 is 30.4 Å². The number of carboxylic acid groups (broad SMARTS) is 1. The zero-order valence-corrected chi connectivity index (χ0v) is 11.4. The van der Waals surface area contributed by atoms with Crippen molar-refractivity contribution in [1.29, 1.82) is 0 Å². The van der Waals surface area contributed by atoms with Gasteiger partial charge in [-0.1, -0.05) is 23.7 Å². The fraction of sp³-hybridized carbons (Fsp3) is 0.250. The summed E-state index contributed by atoms with van der Waals surface area (Å²) >= 11 is 5.92. The molecule has 0 saturated carbocycles. The SMILES string of the molecule is Cc1cccc(Cl)c1NC(=O)N[C@@H](CC(N)=O)C(=O)O. The summed E-state index contributed by atoms with van der Waals surface area (Å²) in [4.78, 5) is 33.3. The highest BCUT2D eigenvalue weighted by Gasteiger charge is 2.22. The number of amides is 3. The molecule has 108 valence electrons. The number of primary amides is 1. The number of rotatable bonds is 5. The fourth-order valence-corrected chi connectivity index (χ4v) is 1.77. The number of aliphatic carboxylic acids is 1. The van der Waals surface area contributed by atoms with E-state index in [-0.39, 0.29) is 0 Å². The minimum Gasteiger partial charge on any atom is -0.480 e. The second-order valence-corrected chi connectivity index (χ2v) is 4.50. The van der Waals surface area contributed by atoms with Gasteiger partial charge < -0.3 is 21.5 Å². The second-order valence-electron chi connectivity index (χ2n) is 4.09. The van der Waals surface area contributed by atoms with Gasteiger partial charge in [-0.2, -0.15) is 0 Å². The van der Waals surface area contributed by atoms with E-state index in [4.69, 9.17) is 22.4 Å². The minimum absolute atomic E-state index is 0.321. The summed E-state index contributed by atoms with van der Waals surface area (Å²) in [5, 5.41) is 13.8. The highest BCUT2D eigenvalue weighted by atomic mass is 35.5. The molecule has 0 radical (unpaired) electrons. The molecule has 3 amide bonds. The van der Waals surface area contributed by atoms with Crippen molar-refractivity contribution in [2.45, 2.75) is 19.4 Å². The zero-order valence-electron chi connectivity index (χ0n) is 10.6. The van der Waals surface area contributed by atoms with Gasteiger partial charge in [-0.3, -0.25) is 4.79 Å². The Kier molecular flexibility index (Phi) is 5.33. The highest BCUT2D eigenvalue weighted by molar-refractivity contribution is 6.33. The standard InChI is InChI=1S/C12H14ClN3O4/c1-6-3-2-4-7(13)10(6)16-12(20)15-8(11(18)19)5-9(14)17/h2-4,8H,5H2,1H3,(H2,14,17)(H,18,19)(H2,15,16,20)/t8-/m0/s1. The number of halogens is 1. The molecule has 0 heterocycles. The summed E-state index contributed by atoms with van der Waals surface area (Å²) in [5.74, 6) is -2.18. The molecule has 5 N–H and O–H groups in total. The van der Waals surface area contributed by atoms with E-state index in [0.717, 1.165) is 5.56 Å². The predicted molar refractivity (Wildman–Crippen MR) is 73.6 cm³/mol. The number of hydrogen-bond donors (Lipinski definition) is 4. The molecule has 0 fully saturated rings. The predicted octanol–water partition coefficient (Wildman–Crippen LogP) is 1.10. The zero-order chi connectivity index (χ0) is 15.3. The van der Waals surface area contributed by atoms with E-state index >= 15 is 0 Å². The molecule has 0 aromatic heterocycles. The molecule has 20 heavy (non-hydrogen) atoms. The number of carboxylic acids is 1. The molecule has 1 atom stereocenters. The molecule has 1 aromatic carbocycles. The molecule has 1 aromatic rings. The van der Waals surface area contributed by atoms with E-state index in [1.807, 2.05) is 0 Å². The molecular formula is C12H14ClN3O4. The number of nitrogens with one attached hydrogen (secondary N) is 2. The monoisotopic (exact) mass is 299 g/mol. The van der Waals surface area contributed by atoms with E-state index in [0.29, 0.717) is 10.7 Å². The maximum Gasteiger partial charge on any atom is 0.326 e. The van der Waals surface area contributed by atoms with E-state index in [1.54, 1.807) is 25.1 Å². The molecule has 0 unspecified atom stereocenters. The van der Waals surface area contributed by atoms with Gasteiger partial charge >= 0.3 is 12.0 Å². The molecule has 1 rings (SSSR count). The van der Waals surface area contributed by atoms with Gasteiger partial charge in [0.05, 0.1) is 17.1 Å².